The number of halogens is 1. The average molecular weight is 374 g/mol. The lowest BCUT2D eigenvalue weighted by molar-refractivity contribution is -0.142. The van der Waals surface area contributed by atoms with Crippen LogP contribution in [0.4, 0.5) is 9.18 Å². The van der Waals surface area contributed by atoms with Gasteiger partial charge in [-0.25, -0.2) is 13.9 Å². The van der Waals surface area contributed by atoms with E-state index < -0.39 is 5.97 Å². The van der Waals surface area contributed by atoms with E-state index in [1.165, 1.54) is 12.1 Å². The van der Waals surface area contributed by atoms with E-state index in [1.807, 2.05) is 6.07 Å². The Bertz CT molecular complexity index is 783. The molecule has 0 aliphatic heterocycles. The van der Waals surface area contributed by atoms with Gasteiger partial charge in [-0.2, -0.15) is 5.10 Å². The first-order chi connectivity index (χ1) is 13.0. The Kier molecular flexibility index (Phi) is 6.05. The van der Waals surface area contributed by atoms with Crippen LogP contribution in [0.3, 0.4) is 0 Å². The lowest BCUT2D eigenvalue weighted by atomic mass is 9.86. The van der Waals surface area contributed by atoms with Gasteiger partial charge in [-0.05, 0) is 56.0 Å². The number of amides is 2. The standard InChI is InChI=1S/C19H23FN4O3/c20-14-3-7-17(8-4-14)24-12-10-16(23-24)9-11-21-19(27)22-15-5-1-13(2-6-15)18(25)26/h3-4,7-8,10,12-13,15H,1-2,5-6,9,11H2,(H,25,26)(H2,21,22,27). The zero-order chi connectivity index (χ0) is 19.2. The fraction of sp³-hybridized carbons (Fsp3) is 0.421. The second-order valence-electron chi connectivity index (χ2n) is 6.77. The number of carbonyl (C=O) groups is 2. The molecule has 0 bridgehead atoms. The molecule has 27 heavy (non-hydrogen) atoms. The molecule has 3 rings (SSSR count). The second-order valence-corrected chi connectivity index (χ2v) is 6.77. The van der Waals surface area contributed by atoms with E-state index in [0.29, 0.717) is 38.6 Å². The maximum absolute atomic E-state index is 13.0. The molecule has 1 aromatic carbocycles. The van der Waals surface area contributed by atoms with Crippen molar-refractivity contribution in [2.75, 3.05) is 6.54 Å². The first-order valence-corrected chi connectivity index (χ1v) is 9.09. The summed E-state index contributed by atoms with van der Waals surface area (Å²) in [6, 6.07) is 7.70. The van der Waals surface area contributed by atoms with Crippen molar-refractivity contribution in [3.63, 3.8) is 0 Å². The monoisotopic (exact) mass is 374 g/mol. The van der Waals surface area contributed by atoms with Gasteiger partial charge >= 0.3 is 12.0 Å². The minimum atomic E-state index is -0.752. The zero-order valence-electron chi connectivity index (χ0n) is 14.9. The fourth-order valence-electron chi connectivity index (χ4n) is 3.26. The van der Waals surface area contributed by atoms with Gasteiger partial charge in [0.25, 0.3) is 0 Å². The van der Waals surface area contributed by atoms with E-state index in [-0.39, 0.29) is 23.8 Å². The Balaban J connectivity index is 1.39. The van der Waals surface area contributed by atoms with Crippen LogP contribution < -0.4 is 10.6 Å². The molecule has 1 heterocycles. The summed E-state index contributed by atoms with van der Waals surface area (Å²) in [6.45, 7) is 0.441. The van der Waals surface area contributed by atoms with Crippen LogP contribution in [-0.4, -0.2) is 39.5 Å². The van der Waals surface area contributed by atoms with E-state index in [9.17, 15) is 14.0 Å². The summed E-state index contributed by atoms with van der Waals surface area (Å²) in [5.74, 6) is -1.34. The number of aromatic nitrogens is 2. The number of carboxylic acids is 1. The van der Waals surface area contributed by atoms with Crippen LogP contribution in [0.25, 0.3) is 5.69 Å². The Morgan fingerprint density at radius 1 is 1.15 bits per heavy atom. The van der Waals surface area contributed by atoms with Crippen LogP contribution in [0.5, 0.6) is 0 Å². The molecule has 0 radical (unpaired) electrons. The summed E-state index contributed by atoms with van der Waals surface area (Å²) in [5.41, 5.74) is 1.59. The van der Waals surface area contributed by atoms with Gasteiger partial charge in [0.2, 0.25) is 0 Å². The van der Waals surface area contributed by atoms with Gasteiger partial charge in [-0.15, -0.1) is 0 Å². The van der Waals surface area contributed by atoms with Crippen LogP contribution in [-0.2, 0) is 11.2 Å². The molecule has 3 N–H and O–H groups in total. The topological polar surface area (TPSA) is 96.3 Å². The number of hydrogen-bond donors (Lipinski definition) is 3. The van der Waals surface area contributed by atoms with Gasteiger partial charge in [0.05, 0.1) is 17.3 Å². The van der Waals surface area contributed by atoms with Gasteiger partial charge in [-0.1, -0.05) is 0 Å². The summed E-state index contributed by atoms with van der Waals surface area (Å²) < 4.78 is 14.6. The first-order valence-electron chi connectivity index (χ1n) is 9.09. The molecule has 2 aromatic rings. The highest BCUT2D eigenvalue weighted by molar-refractivity contribution is 5.74. The molecular formula is C19H23FN4O3. The van der Waals surface area contributed by atoms with Gasteiger partial charge in [0.15, 0.2) is 0 Å². The summed E-state index contributed by atoms with van der Waals surface area (Å²) in [4.78, 5) is 22.9. The molecule has 0 unspecified atom stereocenters. The van der Waals surface area contributed by atoms with Crippen LogP contribution >= 0.6 is 0 Å². The number of rotatable bonds is 6. The summed E-state index contributed by atoms with van der Waals surface area (Å²) >= 11 is 0. The summed E-state index contributed by atoms with van der Waals surface area (Å²) in [7, 11) is 0. The quantitative estimate of drug-likeness (QED) is 0.724. The van der Waals surface area contributed by atoms with E-state index >= 15 is 0 Å². The van der Waals surface area contributed by atoms with Crippen molar-refractivity contribution in [3.05, 3.63) is 48.0 Å². The molecule has 144 valence electrons. The third-order valence-electron chi connectivity index (χ3n) is 4.81. The maximum atomic E-state index is 13.0. The number of carboxylic acid groups (broad SMARTS) is 1. The van der Waals surface area contributed by atoms with Gasteiger partial charge < -0.3 is 15.7 Å². The van der Waals surface area contributed by atoms with E-state index in [2.05, 4.69) is 15.7 Å². The third-order valence-corrected chi connectivity index (χ3v) is 4.81. The molecule has 1 fully saturated rings. The molecule has 0 atom stereocenters. The predicted molar refractivity (Wildman–Crippen MR) is 97.1 cm³/mol. The number of carbonyl (C=O) groups excluding carboxylic acids is 1. The van der Waals surface area contributed by atoms with Crippen molar-refractivity contribution in [2.24, 2.45) is 5.92 Å². The molecule has 7 nitrogen and oxygen atoms in total. The normalized spacial score (nSPS) is 19.4. The van der Waals surface area contributed by atoms with Crippen molar-refractivity contribution in [1.82, 2.24) is 20.4 Å². The number of nitrogens with zero attached hydrogens (tertiary/aromatic N) is 2. The molecule has 8 heteroatoms. The number of benzene rings is 1. The largest absolute Gasteiger partial charge is 0.481 e. The molecule has 1 aromatic heterocycles. The fourth-order valence-corrected chi connectivity index (χ4v) is 3.26. The summed E-state index contributed by atoms with van der Waals surface area (Å²) in [6.07, 6.45) is 4.94. The molecule has 1 aliphatic rings. The molecule has 1 saturated carbocycles. The van der Waals surface area contributed by atoms with Gasteiger partial charge in [0.1, 0.15) is 5.82 Å². The number of urea groups is 1. The van der Waals surface area contributed by atoms with Gasteiger partial charge in [-0.3, -0.25) is 4.79 Å². The highest BCUT2D eigenvalue weighted by Crippen LogP contribution is 2.24. The highest BCUT2D eigenvalue weighted by Gasteiger charge is 2.26. The minimum absolute atomic E-state index is 0.0262. The van der Waals surface area contributed by atoms with Crippen LogP contribution in [0.15, 0.2) is 36.5 Å². The lowest BCUT2D eigenvalue weighted by Gasteiger charge is -2.26. The Morgan fingerprint density at radius 2 is 1.85 bits per heavy atom. The van der Waals surface area contributed by atoms with Crippen LogP contribution in [0.1, 0.15) is 31.4 Å². The van der Waals surface area contributed by atoms with Crippen LogP contribution in [0, 0.1) is 11.7 Å². The number of aliphatic carboxylic acids is 1. The lowest BCUT2D eigenvalue weighted by Crippen LogP contribution is -2.44. The van der Waals surface area contributed by atoms with E-state index in [4.69, 9.17) is 5.11 Å². The molecule has 2 amide bonds. The zero-order valence-corrected chi connectivity index (χ0v) is 14.9. The second kappa shape index (κ2) is 8.66. The number of nitrogens with one attached hydrogen (secondary N) is 2. The maximum Gasteiger partial charge on any atom is 0.315 e. The Morgan fingerprint density at radius 3 is 2.52 bits per heavy atom. The summed E-state index contributed by atoms with van der Waals surface area (Å²) in [5, 5.41) is 19.1. The van der Waals surface area contributed by atoms with Crippen molar-refractivity contribution in [1.29, 1.82) is 0 Å². The SMILES string of the molecule is O=C(NCCc1ccn(-c2ccc(F)cc2)n1)NC1CCC(C(=O)O)CC1. The number of hydrogen-bond acceptors (Lipinski definition) is 3. The smallest absolute Gasteiger partial charge is 0.315 e. The molecular weight excluding hydrogens is 351 g/mol. The van der Waals surface area contributed by atoms with Crippen molar-refractivity contribution in [2.45, 2.75) is 38.1 Å². The highest BCUT2D eigenvalue weighted by atomic mass is 19.1. The minimum Gasteiger partial charge on any atom is -0.481 e. The van der Waals surface area contributed by atoms with E-state index in [0.717, 1.165) is 11.4 Å². The first kappa shape index (κ1) is 18.9. The molecule has 0 saturated heterocycles. The van der Waals surface area contributed by atoms with Crippen molar-refractivity contribution >= 4 is 12.0 Å². The Labute approximate surface area is 156 Å². The third kappa shape index (κ3) is 5.29. The van der Waals surface area contributed by atoms with E-state index in [1.54, 1.807) is 23.0 Å². The van der Waals surface area contributed by atoms with Crippen molar-refractivity contribution in [3.8, 4) is 5.69 Å². The Hall–Kier alpha value is -2.90. The molecule has 1 aliphatic carbocycles. The average Bonchev–Trinajstić information content (AvgIpc) is 3.11. The molecule has 0 spiro atoms. The van der Waals surface area contributed by atoms with Crippen LogP contribution in [0.2, 0.25) is 0 Å². The van der Waals surface area contributed by atoms with Gasteiger partial charge in [0, 0.05) is 25.2 Å². The van der Waals surface area contributed by atoms with Crippen molar-refractivity contribution < 1.29 is 19.1 Å². The predicted octanol–water partition coefficient (Wildman–Crippen LogP) is 2.50.